The molecule has 3 saturated carbocycles. The fourth-order valence-electron chi connectivity index (χ4n) is 9.32. The Morgan fingerprint density at radius 2 is 1.76 bits per heavy atom. The zero-order valence-electron chi connectivity index (χ0n) is 24.1. The number of allylic oxidation sites excluding steroid dienone is 5. The molecule has 0 heterocycles. The van der Waals surface area contributed by atoms with E-state index in [9.17, 15) is 4.79 Å². The first kappa shape index (κ1) is 26.5. The highest BCUT2D eigenvalue weighted by Gasteiger charge is 2.64. The lowest BCUT2D eigenvalue weighted by atomic mass is 9.40. The lowest BCUT2D eigenvalue weighted by molar-refractivity contribution is -0.117. The van der Waals surface area contributed by atoms with Crippen LogP contribution >= 0.6 is 0 Å². The van der Waals surface area contributed by atoms with Crippen molar-refractivity contribution < 1.29 is 9.53 Å². The molecule has 1 aromatic rings. The molecule has 0 amide bonds. The van der Waals surface area contributed by atoms with E-state index < -0.39 is 0 Å². The van der Waals surface area contributed by atoms with E-state index in [4.69, 9.17) is 4.74 Å². The van der Waals surface area contributed by atoms with E-state index in [1.54, 1.807) is 5.57 Å². The average molecular weight is 501 g/mol. The van der Waals surface area contributed by atoms with Crippen molar-refractivity contribution in [2.24, 2.45) is 39.9 Å². The van der Waals surface area contributed by atoms with Crippen LogP contribution in [0.25, 0.3) is 0 Å². The average Bonchev–Trinajstić information content (AvgIpc) is 3.22. The van der Waals surface area contributed by atoms with Gasteiger partial charge in [0.15, 0.2) is 0 Å². The minimum absolute atomic E-state index is 0.00495. The van der Waals surface area contributed by atoms with E-state index in [-0.39, 0.29) is 17.5 Å². The first-order chi connectivity index (χ1) is 17.6. The monoisotopic (exact) mass is 500 g/mol. The number of hydrogen-bond donors (Lipinski definition) is 0. The molecule has 0 aromatic heterocycles. The molecule has 200 valence electrons. The minimum atomic E-state index is -0.173. The Morgan fingerprint density at radius 1 is 1.00 bits per heavy atom. The van der Waals surface area contributed by atoms with Crippen molar-refractivity contribution >= 4 is 5.97 Å². The third kappa shape index (κ3) is 4.47. The summed E-state index contributed by atoms with van der Waals surface area (Å²) in [5, 5.41) is 0. The number of ether oxygens (including phenoxy) is 1. The maximum Gasteiger partial charge on any atom is 0.338 e. The molecule has 4 aliphatic carbocycles. The summed E-state index contributed by atoms with van der Waals surface area (Å²) in [6, 6.07) is 9.46. The molecule has 37 heavy (non-hydrogen) atoms. The summed E-state index contributed by atoms with van der Waals surface area (Å²) in [5.41, 5.74) is 4.61. The van der Waals surface area contributed by atoms with Gasteiger partial charge in [0.1, 0.15) is 6.10 Å². The van der Waals surface area contributed by atoms with Crippen LogP contribution in [0.5, 0.6) is 0 Å². The van der Waals surface area contributed by atoms with Crippen molar-refractivity contribution in [1.29, 1.82) is 0 Å². The van der Waals surface area contributed by atoms with Crippen LogP contribution in [0.4, 0.5) is 0 Å². The standard InChI is InChI=1S/C35H48O2/c1-24(2)11-10-12-25(3)29-17-18-30-31-16-15-27-23-28(37-32(36)26-13-8-7-9-14-26)19-20-34(27,5)35(31,6)22-21-33(29,30)4/h7-15,25,28-31H,16-23H2,1-6H3/b12-10-/t25-,28+,29-,30+,31+,33-,34+,35+/m1/s1. The first-order valence-electron chi connectivity index (χ1n) is 14.9. The highest BCUT2D eigenvalue weighted by molar-refractivity contribution is 5.89. The summed E-state index contributed by atoms with van der Waals surface area (Å²) in [4.78, 5) is 12.7. The van der Waals surface area contributed by atoms with Crippen LogP contribution < -0.4 is 0 Å². The van der Waals surface area contributed by atoms with Gasteiger partial charge in [-0.25, -0.2) is 4.79 Å². The number of rotatable bonds is 5. The van der Waals surface area contributed by atoms with Gasteiger partial charge in [-0.3, -0.25) is 0 Å². The molecule has 2 nitrogen and oxygen atoms in total. The summed E-state index contributed by atoms with van der Waals surface area (Å²) in [7, 11) is 0. The van der Waals surface area contributed by atoms with Crippen molar-refractivity contribution in [2.45, 2.75) is 99.0 Å². The highest BCUT2D eigenvalue weighted by Crippen LogP contribution is 2.72. The van der Waals surface area contributed by atoms with Crippen molar-refractivity contribution in [3.05, 3.63) is 71.3 Å². The molecule has 0 radical (unpaired) electrons. The van der Waals surface area contributed by atoms with Gasteiger partial charge in [-0.15, -0.1) is 0 Å². The molecule has 0 unspecified atom stereocenters. The summed E-state index contributed by atoms with van der Waals surface area (Å²) in [5.74, 6) is 2.83. The maximum absolute atomic E-state index is 12.7. The summed E-state index contributed by atoms with van der Waals surface area (Å²) in [6.07, 6.45) is 19.3. The third-order valence-electron chi connectivity index (χ3n) is 11.7. The summed E-state index contributed by atoms with van der Waals surface area (Å²) < 4.78 is 6.02. The molecule has 8 atom stereocenters. The normalized spacial score (nSPS) is 39.7. The van der Waals surface area contributed by atoms with Crippen LogP contribution in [-0.2, 0) is 4.74 Å². The predicted molar refractivity (Wildman–Crippen MR) is 153 cm³/mol. The molecule has 0 spiro atoms. The molecule has 0 aliphatic heterocycles. The number of benzene rings is 1. The Labute approximate surface area is 225 Å². The van der Waals surface area contributed by atoms with Gasteiger partial charge >= 0.3 is 5.97 Å². The van der Waals surface area contributed by atoms with E-state index in [2.05, 4.69) is 65.8 Å². The van der Waals surface area contributed by atoms with Gasteiger partial charge in [-0.1, -0.05) is 81.3 Å². The fourth-order valence-corrected chi connectivity index (χ4v) is 9.32. The van der Waals surface area contributed by atoms with E-state index >= 15 is 0 Å². The van der Waals surface area contributed by atoms with Crippen molar-refractivity contribution in [3.8, 4) is 0 Å². The van der Waals surface area contributed by atoms with Gasteiger partial charge in [-0.05, 0) is 111 Å². The Bertz CT molecular complexity index is 1090. The Kier molecular flexibility index (Phi) is 7.09. The Morgan fingerprint density at radius 3 is 2.49 bits per heavy atom. The van der Waals surface area contributed by atoms with Crippen LogP contribution in [-0.4, -0.2) is 12.1 Å². The van der Waals surface area contributed by atoms with Gasteiger partial charge < -0.3 is 4.74 Å². The largest absolute Gasteiger partial charge is 0.458 e. The van der Waals surface area contributed by atoms with E-state index in [0.717, 1.165) is 37.0 Å². The minimum Gasteiger partial charge on any atom is -0.458 e. The number of esters is 1. The maximum atomic E-state index is 12.7. The second-order valence-electron chi connectivity index (χ2n) is 13.7. The lowest BCUT2D eigenvalue weighted by Crippen LogP contribution is -2.57. The van der Waals surface area contributed by atoms with Gasteiger partial charge in [0.25, 0.3) is 0 Å². The van der Waals surface area contributed by atoms with Gasteiger partial charge in [-0.2, -0.15) is 0 Å². The Balaban J connectivity index is 1.33. The number of fused-ring (bicyclic) bond motifs is 5. The lowest BCUT2D eigenvalue weighted by Gasteiger charge is -2.64. The van der Waals surface area contributed by atoms with Crippen molar-refractivity contribution in [1.82, 2.24) is 0 Å². The second-order valence-corrected chi connectivity index (χ2v) is 13.7. The quantitative estimate of drug-likeness (QED) is 0.229. The molecule has 1 aromatic carbocycles. The van der Waals surface area contributed by atoms with Crippen molar-refractivity contribution in [2.75, 3.05) is 0 Å². The number of hydrogen-bond acceptors (Lipinski definition) is 2. The summed E-state index contributed by atoms with van der Waals surface area (Å²) >= 11 is 0. The zero-order chi connectivity index (χ0) is 26.4. The predicted octanol–water partition coefficient (Wildman–Crippen LogP) is 9.34. The first-order valence-corrected chi connectivity index (χ1v) is 14.9. The van der Waals surface area contributed by atoms with Gasteiger partial charge in [0.2, 0.25) is 0 Å². The van der Waals surface area contributed by atoms with E-state index in [1.807, 2.05) is 30.3 Å². The Hall–Kier alpha value is -2.09. The van der Waals surface area contributed by atoms with Gasteiger partial charge in [0, 0.05) is 6.42 Å². The van der Waals surface area contributed by atoms with E-state index in [0.29, 0.717) is 22.3 Å². The van der Waals surface area contributed by atoms with Crippen LogP contribution in [0.3, 0.4) is 0 Å². The topological polar surface area (TPSA) is 26.3 Å². The van der Waals surface area contributed by atoms with Crippen LogP contribution in [0.15, 0.2) is 65.8 Å². The third-order valence-corrected chi connectivity index (χ3v) is 11.7. The smallest absolute Gasteiger partial charge is 0.338 e. The number of carbonyl (C=O) groups excluding carboxylic acids is 1. The molecule has 4 aliphatic rings. The fraction of sp³-hybridized carbons (Fsp3) is 0.629. The van der Waals surface area contributed by atoms with Gasteiger partial charge in [0.05, 0.1) is 5.56 Å². The molecule has 5 rings (SSSR count). The molecule has 3 fully saturated rings. The summed E-state index contributed by atoms with van der Waals surface area (Å²) in [6.45, 7) is 14.6. The van der Waals surface area contributed by atoms with Crippen LogP contribution in [0.2, 0.25) is 0 Å². The molecular formula is C35H48O2. The van der Waals surface area contributed by atoms with Crippen LogP contribution in [0.1, 0.15) is 103 Å². The molecule has 0 N–H and O–H groups in total. The molecule has 0 saturated heterocycles. The SMILES string of the molecule is CC(C)=C/C=C\[C@@H](C)[C@H]1CC[C@H]2[C@@H]3CC=C4C[C@@H](OC(=O)c5ccccc5)CC[C@]4(C)[C@@]3(C)CC[C@]12C. The second kappa shape index (κ2) is 9.90. The molecular weight excluding hydrogens is 452 g/mol. The van der Waals surface area contributed by atoms with E-state index in [1.165, 1.54) is 37.7 Å². The van der Waals surface area contributed by atoms with Crippen molar-refractivity contribution in [3.63, 3.8) is 0 Å². The molecule has 2 heteroatoms. The highest BCUT2D eigenvalue weighted by atomic mass is 16.5. The molecule has 0 bridgehead atoms. The van der Waals surface area contributed by atoms with Crippen LogP contribution in [0, 0.1) is 39.9 Å². The zero-order valence-corrected chi connectivity index (χ0v) is 24.1. The number of carbonyl (C=O) groups is 1.